The molecule has 0 fully saturated rings. The molecule has 1 heteroatoms. The van der Waals surface area contributed by atoms with Gasteiger partial charge >= 0.3 is 17.1 Å². The molecule has 0 spiro atoms. The van der Waals surface area contributed by atoms with Crippen molar-refractivity contribution in [2.75, 3.05) is 0 Å². The van der Waals surface area contributed by atoms with Crippen LogP contribution >= 0.6 is 0 Å². The maximum absolute atomic E-state index is 2.20. The van der Waals surface area contributed by atoms with Crippen molar-refractivity contribution in [3.05, 3.63) is 66.2 Å². The first-order chi connectivity index (χ1) is 6.80. The van der Waals surface area contributed by atoms with Gasteiger partial charge in [0.25, 0.3) is 0 Å². The van der Waals surface area contributed by atoms with Crippen LogP contribution in [0.5, 0.6) is 0 Å². The molecule has 0 heterocycles. The van der Waals surface area contributed by atoms with Crippen LogP contribution in [-0.2, 0) is 17.1 Å². The molecule has 0 saturated carbocycles. The standard InChI is InChI=1S/C9H12.C5H5.Fe/c1-8(2)9-6-4-3-5-7-9;1-2-4-5-3-1;/h3-8H,1-2H3;1-5H;/q;-1;+2. The van der Waals surface area contributed by atoms with Crippen LogP contribution < -0.4 is 0 Å². The number of benzene rings is 1. The zero-order chi connectivity index (χ0) is 10.2. The molecule has 80 valence electrons. The summed E-state index contributed by atoms with van der Waals surface area (Å²) in [6.07, 6.45) is 0. The number of hydrogen-bond acceptors (Lipinski definition) is 0. The number of rotatable bonds is 1. The fraction of sp³-hybridized carbons (Fsp3) is 0.214. The van der Waals surface area contributed by atoms with Crippen LogP contribution in [-0.4, -0.2) is 0 Å². The molecule has 15 heavy (non-hydrogen) atoms. The Morgan fingerprint density at radius 2 is 1.40 bits per heavy atom. The second-order valence-electron chi connectivity index (χ2n) is 3.53. The third kappa shape index (κ3) is 6.22. The average molecular weight is 241 g/mol. The first-order valence-electron chi connectivity index (χ1n) is 5.02. The maximum atomic E-state index is 2.20. The molecular formula is C14H17Fe+. The van der Waals surface area contributed by atoms with Gasteiger partial charge in [-0.1, -0.05) is 44.2 Å². The van der Waals surface area contributed by atoms with E-state index in [1.54, 1.807) is 0 Å². The SMILES string of the molecule is CC(C)c1ccccc1.[Fe+2].c1cc[cH-]c1. The van der Waals surface area contributed by atoms with Crippen molar-refractivity contribution in [2.45, 2.75) is 19.8 Å². The third-order valence-corrected chi connectivity index (χ3v) is 2.02. The molecule has 0 unspecified atom stereocenters. The summed E-state index contributed by atoms with van der Waals surface area (Å²) in [5.74, 6) is 0.659. The van der Waals surface area contributed by atoms with Crippen LogP contribution in [0.2, 0.25) is 0 Å². The normalized spacial score (nSPS) is 8.73. The van der Waals surface area contributed by atoms with Gasteiger partial charge in [-0.25, -0.2) is 12.1 Å². The summed E-state index contributed by atoms with van der Waals surface area (Å²) >= 11 is 0. The Kier molecular flexibility index (Phi) is 7.89. The molecule has 2 aromatic carbocycles. The summed E-state index contributed by atoms with van der Waals surface area (Å²) in [6.45, 7) is 4.41. The van der Waals surface area contributed by atoms with Gasteiger partial charge in [-0.05, 0) is 11.5 Å². The van der Waals surface area contributed by atoms with Crippen molar-refractivity contribution in [2.24, 2.45) is 0 Å². The third-order valence-electron chi connectivity index (χ3n) is 2.02. The van der Waals surface area contributed by atoms with E-state index in [0.29, 0.717) is 5.92 Å². The predicted molar refractivity (Wildman–Crippen MR) is 62.6 cm³/mol. The topological polar surface area (TPSA) is 0 Å². The summed E-state index contributed by atoms with van der Waals surface area (Å²) in [6, 6.07) is 20.5. The van der Waals surface area contributed by atoms with E-state index < -0.39 is 0 Å². The molecule has 0 atom stereocenters. The van der Waals surface area contributed by atoms with Gasteiger partial charge in [0.1, 0.15) is 0 Å². The zero-order valence-corrected chi connectivity index (χ0v) is 10.3. The van der Waals surface area contributed by atoms with Gasteiger partial charge in [-0.15, -0.1) is 0 Å². The molecular weight excluding hydrogens is 224 g/mol. The minimum Gasteiger partial charge on any atom is -0.214 e. The van der Waals surface area contributed by atoms with Crippen molar-refractivity contribution in [1.29, 1.82) is 0 Å². The Hall–Kier alpha value is -0.911. The van der Waals surface area contributed by atoms with Crippen LogP contribution in [0.15, 0.2) is 60.7 Å². The molecule has 2 rings (SSSR count). The van der Waals surface area contributed by atoms with Crippen molar-refractivity contribution in [3.63, 3.8) is 0 Å². The number of hydrogen-bond donors (Lipinski definition) is 0. The zero-order valence-electron chi connectivity index (χ0n) is 9.20. The van der Waals surface area contributed by atoms with Gasteiger partial charge in [-0.3, -0.25) is 0 Å². The van der Waals surface area contributed by atoms with E-state index in [-0.39, 0.29) is 17.1 Å². The largest absolute Gasteiger partial charge is 2.00 e. The van der Waals surface area contributed by atoms with Gasteiger partial charge < -0.3 is 0 Å². The molecule has 0 aliphatic carbocycles. The first-order valence-corrected chi connectivity index (χ1v) is 5.02. The second-order valence-corrected chi connectivity index (χ2v) is 3.53. The summed E-state index contributed by atoms with van der Waals surface area (Å²) in [5.41, 5.74) is 1.41. The van der Waals surface area contributed by atoms with Crippen molar-refractivity contribution in [3.8, 4) is 0 Å². The molecule has 0 radical (unpaired) electrons. The Morgan fingerprint density at radius 1 is 0.867 bits per heavy atom. The Labute approximate surface area is 103 Å². The van der Waals surface area contributed by atoms with Crippen LogP contribution in [0.3, 0.4) is 0 Å². The van der Waals surface area contributed by atoms with E-state index in [2.05, 4.69) is 38.1 Å². The van der Waals surface area contributed by atoms with E-state index in [4.69, 9.17) is 0 Å². The Balaban J connectivity index is 0.000000280. The van der Waals surface area contributed by atoms with Crippen LogP contribution in [0.25, 0.3) is 0 Å². The maximum Gasteiger partial charge on any atom is 2.00 e. The molecule has 0 aliphatic rings. The summed E-state index contributed by atoms with van der Waals surface area (Å²) in [7, 11) is 0. The molecule has 2 aromatic rings. The molecule has 0 N–H and O–H groups in total. The first kappa shape index (κ1) is 14.1. The quantitative estimate of drug-likeness (QED) is 0.518. The van der Waals surface area contributed by atoms with Crippen molar-refractivity contribution >= 4 is 0 Å². The van der Waals surface area contributed by atoms with E-state index in [1.165, 1.54) is 5.56 Å². The Morgan fingerprint density at radius 3 is 1.67 bits per heavy atom. The summed E-state index contributed by atoms with van der Waals surface area (Å²) in [5, 5.41) is 0. The van der Waals surface area contributed by atoms with Gasteiger partial charge in [-0.2, -0.15) is 18.2 Å². The van der Waals surface area contributed by atoms with Crippen molar-refractivity contribution in [1.82, 2.24) is 0 Å². The van der Waals surface area contributed by atoms with Crippen LogP contribution in [0, 0.1) is 0 Å². The summed E-state index contributed by atoms with van der Waals surface area (Å²) < 4.78 is 0. The smallest absolute Gasteiger partial charge is 0.214 e. The molecule has 0 saturated heterocycles. The molecule has 0 aliphatic heterocycles. The van der Waals surface area contributed by atoms with E-state index in [1.807, 2.05) is 36.4 Å². The monoisotopic (exact) mass is 241 g/mol. The minimum absolute atomic E-state index is 0. The van der Waals surface area contributed by atoms with Gasteiger partial charge in [0.05, 0.1) is 0 Å². The van der Waals surface area contributed by atoms with E-state index in [9.17, 15) is 0 Å². The summed E-state index contributed by atoms with van der Waals surface area (Å²) in [4.78, 5) is 0. The van der Waals surface area contributed by atoms with Crippen molar-refractivity contribution < 1.29 is 17.1 Å². The predicted octanol–water partition coefficient (Wildman–Crippen LogP) is 4.21. The molecule has 0 aromatic heterocycles. The fourth-order valence-corrected chi connectivity index (χ4v) is 1.16. The average Bonchev–Trinajstić information content (AvgIpc) is 2.77. The molecule has 0 amide bonds. The van der Waals surface area contributed by atoms with Crippen LogP contribution in [0.4, 0.5) is 0 Å². The molecule has 0 bridgehead atoms. The van der Waals surface area contributed by atoms with E-state index >= 15 is 0 Å². The Bertz CT molecular complexity index is 291. The van der Waals surface area contributed by atoms with E-state index in [0.717, 1.165) is 0 Å². The minimum atomic E-state index is 0. The van der Waals surface area contributed by atoms with Gasteiger partial charge in [0, 0.05) is 0 Å². The fourth-order valence-electron chi connectivity index (χ4n) is 1.16. The van der Waals surface area contributed by atoms with Gasteiger partial charge in [0.15, 0.2) is 0 Å². The van der Waals surface area contributed by atoms with Gasteiger partial charge in [0.2, 0.25) is 0 Å². The van der Waals surface area contributed by atoms with Crippen LogP contribution in [0.1, 0.15) is 25.3 Å². The second kappa shape index (κ2) is 8.40. The molecule has 0 nitrogen and oxygen atoms in total.